The van der Waals surface area contributed by atoms with Crippen molar-refractivity contribution in [3.05, 3.63) is 28.8 Å². The summed E-state index contributed by atoms with van der Waals surface area (Å²) in [5, 5.41) is 5.70. The number of hydrogen-bond acceptors (Lipinski definition) is 5. The highest BCUT2D eigenvalue weighted by atomic mass is 16.5. The van der Waals surface area contributed by atoms with Crippen LogP contribution in [0, 0.1) is 0 Å². The number of methoxy groups -OCH3 is 1. The fourth-order valence-corrected chi connectivity index (χ4v) is 4.24. The Kier molecular flexibility index (Phi) is 4.40. The van der Waals surface area contributed by atoms with Gasteiger partial charge in [-0.2, -0.15) is 0 Å². The quantitative estimate of drug-likeness (QED) is 0.786. The standard InChI is InChI=1S/C19H23N3O4/c1-26-16-9-14-12(8-13(16)11-4-6-20-7-5-11)10-22(19(14)25)15-2-3-17(23)21-18(15)24/h8-9,11,15,20H,2-7,10H2,1H3,(H,21,23,24). The van der Waals surface area contributed by atoms with Crippen LogP contribution in [0.5, 0.6) is 5.75 Å². The largest absolute Gasteiger partial charge is 0.496 e. The highest BCUT2D eigenvalue weighted by Crippen LogP contribution is 2.38. The van der Waals surface area contributed by atoms with Crippen molar-refractivity contribution in [3.63, 3.8) is 0 Å². The van der Waals surface area contributed by atoms with Crippen molar-refractivity contribution in [2.45, 2.75) is 44.2 Å². The van der Waals surface area contributed by atoms with Crippen molar-refractivity contribution in [1.82, 2.24) is 15.5 Å². The van der Waals surface area contributed by atoms with Gasteiger partial charge in [-0.15, -0.1) is 0 Å². The van der Waals surface area contributed by atoms with Crippen LogP contribution in [0.4, 0.5) is 0 Å². The van der Waals surface area contributed by atoms with Gasteiger partial charge in [0.05, 0.1) is 7.11 Å². The second kappa shape index (κ2) is 6.72. The molecular formula is C19H23N3O4. The van der Waals surface area contributed by atoms with Crippen LogP contribution in [0.15, 0.2) is 12.1 Å². The van der Waals surface area contributed by atoms with Crippen molar-refractivity contribution in [3.8, 4) is 5.75 Å². The molecule has 0 spiro atoms. The molecule has 2 fully saturated rings. The van der Waals surface area contributed by atoms with Crippen LogP contribution >= 0.6 is 0 Å². The number of fused-ring (bicyclic) bond motifs is 1. The fraction of sp³-hybridized carbons (Fsp3) is 0.526. The van der Waals surface area contributed by atoms with Crippen LogP contribution < -0.4 is 15.4 Å². The van der Waals surface area contributed by atoms with E-state index in [-0.39, 0.29) is 24.1 Å². The maximum atomic E-state index is 12.9. The average Bonchev–Trinajstić information content (AvgIpc) is 2.97. The Morgan fingerprint density at radius 3 is 2.58 bits per heavy atom. The van der Waals surface area contributed by atoms with Gasteiger partial charge in [-0.25, -0.2) is 0 Å². The van der Waals surface area contributed by atoms with E-state index in [9.17, 15) is 14.4 Å². The molecule has 0 aliphatic carbocycles. The summed E-state index contributed by atoms with van der Waals surface area (Å²) in [6.07, 6.45) is 2.72. The van der Waals surface area contributed by atoms with Crippen molar-refractivity contribution in [1.29, 1.82) is 0 Å². The molecular weight excluding hydrogens is 334 g/mol. The molecule has 2 saturated heterocycles. The number of piperidine rings is 2. The van der Waals surface area contributed by atoms with Crippen molar-refractivity contribution >= 4 is 17.7 Å². The summed E-state index contributed by atoms with van der Waals surface area (Å²) in [5.41, 5.74) is 2.68. The molecule has 138 valence electrons. The van der Waals surface area contributed by atoms with Crippen LogP contribution in [0.2, 0.25) is 0 Å². The van der Waals surface area contributed by atoms with E-state index >= 15 is 0 Å². The van der Waals surface area contributed by atoms with E-state index < -0.39 is 6.04 Å². The van der Waals surface area contributed by atoms with Gasteiger partial charge in [0.15, 0.2) is 0 Å². The topological polar surface area (TPSA) is 87.7 Å². The van der Waals surface area contributed by atoms with Crippen LogP contribution in [-0.2, 0) is 16.1 Å². The minimum Gasteiger partial charge on any atom is -0.496 e. The minimum atomic E-state index is -0.582. The minimum absolute atomic E-state index is 0.162. The normalized spacial score (nSPS) is 23.8. The van der Waals surface area contributed by atoms with Gasteiger partial charge in [-0.1, -0.05) is 0 Å². The Morgan fingerprint density at radius 2 is 1.88 bits per heavy atom. The number of carbonyl (C=O) groups excluding carboxylic acids is 3. The van der Waals surface area contributed by atoms with Crippen molar-refractivity contribution < 1.29 is 19.1 Å². The molecule has 1 unspecified atom stereocenters. The molecule has 26 heavy (non-hydrogen) atoms. The Labute approximate surface area is 152 Å². The third-order valence-electron chi connectivity index (χ3n) is 5.65. The van der Waals surface area contributed by atoms with E-state index in [1.54, 1.807) is 12.0 Å². The molecule has 0 radical (unpaired) electrons. The highest BCUT2D eigenvalue weighted by molar-refractivity contribution is 6.05. The molecule has 1 atom stereocenters. The zero-order valence-corrected chi connectivity index (χ0v) is 14.8. The molecule has 0 saturated carbocycles. The number of hydrogen-bond donors (Lipinski definition) is 2. The summed E-state index contributed by atoms with van der Waals surface area (Å²) < 4.78 is 5.57. The van der Waals surface area contributed by atoms with Gasteiger partial charge in [0, 0.05) is 18.5 Å². The van der Waals surface area contributed by atoms with Gasteiger partial charge in [-0.3, -0.25) is 19.7 Å². The number of benzene rings is 1. The highest BCUT2D eigenvalue weighted by Gasteiger charge is 2.39. The first-order chi connectivity index (χ1) is 12.6. The summed E-state index contributed by atoms with van der Waals surface area (Å²) in [6.45, 7) is 2.36. The molecule has 3 heterocycles. The summed E-state index contributed by atoms with van der Waals surface area (Å²) >= 11 is 0. The molecule has 3 aliphatic rings. The third kappa shape index (κ3) is 2.86. The molecule has 1 aromatic rings. The maximum absolute atomic E-state index is 12.9. The van der Waals surface area contributed by atoms with E-state index in [0.717, 1.165) is 42.8 Å². The Bertz CT molecular complexity index is 770. The van der Waals surface area contributed by atoms with Crippen molar-refractivity contribution in [2.75, 3.05) is 20.2 Å². The number of nitrogens with one attached hydrogen (secondary N) is 2. The summed E-state index contributed by atoms with van der Waals surface area (Å²) in [4.78, 5) is 38.0. The number of rotatable bonds is 3. The molecule has 7 nitrogen and oxygen atoms in total. The van der Waals surface area contributed by atoms with E-state index in [4.69, 9.17) is 4.74 Å². The zero-order valence-electron chi connectivity index (χ0n) is 14.8. The van der Waals surface area contributed by atoms with E-state index in [2.05, 4.69) is 16.7 Å². The monoisotopic (exact) mass is 357 g/mol. The number of ether oxygens (including phenoxy) is 1. The lowest BCUT2D eigenvalue weighted by Gasteiger charge is -2.29. The third-order valence-corrected chi connectivity index (χ3v) is 5.65. The first-order valence-electron chi connectivity index (χ1n) is 9.14. The molecule has 3 amide bonds. The number of nitrogens with zero attached hydrogens (tertiary/aromatic N) is 1. The van der Waals surface area contributed by atoms with E-state index in [1.165, 1.54) is 0 Å². The molecule has 4 rings (SSSR count). The second-order valence-corrected chi connectivity index (χ2v) is 7.18. The number of amides is 3. The van der Waals surface area contributed by atoms with Crippen molar-refractivity contribution in [2.24, 2.45) is 0 Å². The van der Waals surface area contributed by atoms with Gasteiger partial charge in [0.1, 0.15) is 11.8 Å². The molecule has 3 aliphatic heterocycles. The lowest BCUT2D eigenvalue weighted by atomic mass is 9.87. The fourth-order valence-electron chi connectivity index (χ4n) is 4.24. The predicted octanol–water partition coefficient (Wildman–Crippen LogP) is 0.923. The molecule has 2 N–H and O–H groups in total. The lowest BCUT2D eigenvalue weighted by Crippen LogP contribution is -2.52. The summed E-state index contributed by atoms with van der Waals surface area (Å²) in [6, 6.07) is 3.32. The van der Waals surface area contributed by atoms with Gasteiger partial charge in [-0.05, 0) is 61.5 Å². The van der Waals surface area contributed by atoms with Crippen LogP contribution in [0.1, 0.15) is 53.1 Å². The first kappa shape index (κ1) is 17.0. The molecule has 7 heteroatoms. The maximum Gasteiger partial charge on any atom is 0.255 e. The molecule has 0 aromatic heterocycles. The smallest absolute Gasteiger partial charge is 0.255 e. The first-order valence-corrected chi connectivity index (χ1v) is 9.14. The predicted molar refractivity (Wildman–Crippen MR) is 93.9 cm³/mol. The molecule has 1 aromatic carbocycles. The Balaban J connectivity index is 1.63. The second-order valence-electron chi connectivity index (χ2n) is 7.18. The summed E-state index contributed by atoms with van der Waals surface area (Å²) in [7, 11) is 1.63. The Hall–Kier alpha value is -2.41. The number of imide groups is 1. The van der Waals surface area contributed by atoms with E-state index in [0.29, 0.717) is 24.4 Å². The zero-order chi connectivity index (χ0) is 18.3. The Morgan fingerprint density at radius 1 is 1.12 bits per heavy atom. The lowest BCUT2D eigenvalue weighted by molar-refractivity contribution is -0.136. The van der Waals surface area contributed by atoms with Gasteiger partial charge >= 0.3 is 0 Å². The van der Waals surface area contributed by atoms with Gasteiger partial charge in [0.2, 0.25) is 11.8 Å². The van der Waals surface area contributed by atoms with Gasteiger partial charge in [0.25, 0.3) is 5.91 Å². The molecule has 0 bridgehead atoms. The summed E-state index contributed by atoms with van der Waals surface area (Å²) in [5.74, 6) is 0.341. The SMILES string of the molecule is COc1cc2c(cc1C1CCNCC1)CN(C1CCC(=O)NC1=O)C2=O. The van der Waals surface area contributed by atoms with Crippen LogP contribution in [0.25, 0.3) is 0 Å². The average molecular weight is 357 g/mol. The van der Waals surface area contributed by atoms with Crippen LogP contribution in [-0.4, -0.2) is 48.9 Å². The van der Waals surface area contributed by atoms with Gasteiger partial charge < -0.3 is 15.0 Å². The van der Waals surface area contributed by atoms with E-state index in [1.807, 2.05) is 6.07 Å². The van der Waals surface area contributed by atoms with Crippen LogP contribution in [0.3, 0.4) is 0 Å². The number of carbonyl (C=O) groups is 3.